The van der Waals surface area contributed by atoms with E-state index in [2.05, 4.69) is 0 Å². The molecule has 2 heterocycles. The smallest absolute Gasteiger partial charge is 0.282 e. The molecule has 0 aliphatic carbocycles. The third-order valence-corrected chi connectivity index (χ3v) is 4.95. The van der Waals surface area contributed by atoms with Gasteiger partial charge in [0.25, 0.3) is 17.5 Å². The highest BCUT2D eigenvalue weighted by Gasteiger charge is 2.43. The number of carbonyl (C=O) groups is 3. The summed E-state index contributed by atoms with van der Waals surface area (Å²) < 4.78 is 0. The van der Waals surface area contributed by atoms with Gasteiger partial charge in [-0.05, 0) is 39.2 Å². The molecule has 3 rings (SSSR count). The summed E-state index contributed by atoms with van der Waals surface area (Å²) in [7, 11) is 0. The van der Waals surface area contributed by atoms with Gasteiger partial charge in [-0.1, -0.05) is 6.07 Å². The van der Waals surface area contributed by atoms with Crippen molar-refractivity contribution in [3.63, 3.8) is 0 Å². The average Bonchev–Trinajstić information content (AvgIpc) is 2.79. The van der Waals surface area contributed by atoms with E-state index in [0.717, 1.165) is 24.2 Å². The standard InChI is InChI=1S/C17H19N3O5/c1-10-5-3-6-11(2)19(10)14(21)9-18-16(22)12-7-4-8-13(20(24)25)15(12)17(18)23/h4,7-8,10-11H,3,5-6,9H2,1-2H3. The highest BCUT2D eigenvalue weighted by molar-refractivity contribution is 6.24. The number of hydrogen-bond acceptors (Lipinski definition) is 5. The summed E-state index contributed by atoms with van der Waals surface area (Å²) in [6.45, 7) is 3.50. The molecule has 1 saturated heterocycles. The molecule has 0 bridgehead atoms. The van der Waals surface area contributed by atoms with Gasteiger partial charge in [-0.25, -0.2) is 0 Å². The summed E-state index contributed by atoms with van der Waals surface area (Å²) in [4.78, 5) is 50.7. The molecule has 2 aliphatic heterocycles. The van der Waals surface area contributed by atoms with Crippen LogP contribution in [0.4, 0.5) is 5.69 Å². The number of fused-ring (bicyclic) bond motifs is 1. The molecule has 0 spiro atoms. The molecule has 8 heteroatoms. The second-order valence-corrected chi connectivity index (χ2v) is 6.58. The first-order valence-corrected chi connectivity index (χ1v) is 8.27. The fourth-order valence-electron chi connectivity index (χ4n) is 3.74. The van der Waals surface area contributed by atoms with E-state index >= 15 is 0 Å². The second-order valence-electron chi connectivity index (χ2n) is 6.58. The number of nitro benzene ring substituents is 1. The molecular formula is C17H19N3O5. The molecule has 132 valence electrons. The van der Waals surface area contributed by atoms with Crippen LogP contribution in [0.25, 0.3) is 0 Å². The first-order chi connectivity index (χ1) is 11.8. The summed E-state index contributed by atoms with van der Waals surface area (Å²) in [6, 6.07) is 4.01. The molecule has 0 aromatic heterocycles. The number of carbonyl (C=O) groups excluding carboxylic acids is 3. The van der Waals surface area contributed by atoms with Gasteiger partial charge in [0.1, 0.15) is 12.1 Å². The zero-order valence-corrected chi connectivity index (χ0v) is 14.1. The van der Waals surface area contributed by atoms with E-state index in [1.807, 2.05) is 13.8 Å². The van der Waals surface area contributed by atoms with Crippen LogP contribution in [0.5, 0.6) is 0 Å². The molecule has 2 aliphatic rings. The van der Waals surface area contributed by atoms with Crippen molar-refractivity contribution >= 4 is 23.4 Å². The largest absolute Gasteiger partial charge is 0.336 e. The average molecular weight is 345 g/mol. The van der Waals surface area contributed by atoms with Crippen LogP contribution in [0.15, 0.2) is 18.2 Å². The van der Waals surface area contributed by atoms with E-state index in [1.165, 1.54) is 18.2 Å². The van der Waals surface area contributed by atoms with Crippen molar-refractivity contribution in [3.05, 3.63) is 39.4 Å². The first-order valence-electron chi connectivity index (χ1n) is 8.27. The third kappa shape index (κ3) is 2.77. The van der Waals surface area contributed by atoms with E-state index in [0.29, 0.717) is 0 Å². The van der Waals surface area contributed by atoms with Gasteiger partial charge in [-0.3, -0.25) is 29.4 Å². The number of nitro groups is 1. The number of piperidine rings is 1. The van der Waals surface area contributed by atoms with Crippen molar-refractivity contribution in [3.8, 4) is 0 Å². The lowest BCUT2D eigenvalue weighted by Crippen LogP contribution is -2.51. The Morgan fingerprint density at radius 1 is 1.20 bits per heavy atom. The predicted molar refractivity (Wildman–Crippen MR) is 88.1 cm³/mol. The number of nitrogens with zero attached hydrogens (tertiary/aromatic N) is 3. The second kappa shape index (κ2) is 6.27. The van der Waals surface area contributed by atoms with E-state index in [-0.39, 0.29) is 29.1 Å². The fourth-order valence-corrected chi connectivity index (χ4v) is 3.74. The number of likely N-dealkylation sites (tertiary alicyclic amines) is 1. The van der Waals surface area contributed by atoms with Gasteiger partial charge in [0.15, 0.2) is 0 Å². The third-order valence-electron chi connectivity index (χ3n) is 4.95. The predicted octanol–water partition coefficient (Wildman–Crippen LogP) is 1.98. The Morgan fingerprint density at radius 2 is 1.84 bits per heavy atom. The topological polar surface area (TPSA) is 101 Å². The highest BCUT2D eigenvalue weighted by atomic mass is 16.6. The Balaban J connectivity index is 1.86. The quantitative estimate of drug-likeness (QED) is 0.474. The Morgan fingerprint density at radius 3 is 2.44 bits per heavy atom. The van der Waals surface area contributed by atoms with Gasteiger partial charge in [-0.15, -0.1) is 0 Å². The van der Waals surface area contributed by atoms with Crippen molar-refractivity contribution in [2.24, 2.45) is 0 Å². The lowest BCUT2D eigenvalue weighted by atomic mass is 9.97. The van der Waals surface area contributed by atoms with E-state index in [1.54, 1.807) is 4.90 Å². The zero-order chi connectivity index (χ0) is 18.3. The maximum Gasteiger partial charge on any atom is 0.282 e. The molecule has 2 unspecified atom stereocenters. The van der Waals surface area contributed by atoms with Crippen LogP contribution in [0.3, 0.4) is 0 Å². The Bertz CT molecular complexity index is 766. The van der Waals surface area contributed by atoms with E-state index in [4.69, 9.17) is 0 Å². The number of rotatable bonds is 3. The van der Waals surface area contributed by atoms with Gasteiger partial charge in [0, 0.05) is 18.2 Å². The summed E-state index contributed by atoms with van der Waals surface area (Å²) in [5.41, 5.74) is -0.665. The van der Waals surface area contributed by atoms with Crippen LogP contribution in [0, 0.1) is 10.1 Å². The lowest BCUT2D eigenvalue weighted by Gasteiger charge is -2.39. The van der Waals surface area contributed by atoms with Crippen molar-refractivity contribution in [1.82, 2.24) is 9.80 Å². The van der Waals surface area contributed by atoms with Crippen LogP contribution in [-0.4, -0.2) is 51.1 Å². The number of imide groups is 1. The SMILES string of the molecule is CC1CCCC(C)N1C(=O)CN1C(=O)c2cccc([N+](=O)[O-])c2C1=O. The molecule has 25 heavy (non-hydrogen) atoms. The minimum atomic E-state index is -0.780. The molecule has 0 radical (unpaired) electrons. The molecule has 3 amide bonds. The lowest BCUT2D eigenvalue weighted by molar-refractivity contribution is -0.385. The van der Waals surface area contributed by atoms with Gasteiger partial charge in [0.2, 0.25) is 5.91 Å². The maximum atomic E-state index is 12.7. The number of benzene rings is 1. The molecule has 0 N–H and O–H groups in total. The van der Waals surface area contributed by atoms with Gasteiger partial charge in [-0.2, -0.15) is 0 Å². The van der Waals surface area contributed by atoms with Crippen molar-refractivity contribution in [1.29, 1.82) is 0 Å². The normalized spacial score (nSPS) is 23.0. The van der Waals surface area contributed by atoms with Gasteiger partial charge in [0.05, 0.1) is 10.5 Å². The molecule has 1 fully saturated rings. The molecule has 1 aromatic carbocycles. The summed E-state index contributed by atoms with van der Waals surface area (Å²) in [6.07, 6.45) is 2.79. The maximum absolute atomic E-state index is 12.7. The Labute approximate surface area is 144 Å². The summed E-state index contributed by atoms with van der Waals surface area (Å²) in [5.74, 6) is -1.75. The highest BCUT2D eigenvalue weighted by Crippen LogP contribution is 2.31. The molecule has 8 nitrogen and oxygen atoms in total. The number of hydrogen-bond donors (Lipinski definition) is 0. The Kier molecular flexibility index (Phi) is 4.28. The van der Waals surface area contributed by atoms with Crippen LogP contribution in [0.1, 0.15) is 53.8 Å². The molecule has 1 aromatic rings. The van der Waals surface area contributed by atoms with E-state index < -0.39 is 29.0 Å². The van der Waals surface area contributed by atoms with Gasteiger partial charge < -0.3 is 4.90 Å². The van der Waals surface area contributed by atoms with Crippen molar-refractivity contribution < 1.29 is 19.3 Å². The molecule has 2 atom stereocenters. The van der Waals surface area contributed by atoms with Crippen LogP contribution in [-0.2, 0) is 4.79 Å². The van der Waals surface area contributed by atoms with Crippen molar-refractivity contribution in [2.45, 2.75) is 45.2 Å². The Hall–Kier alpha value is -2.77. The number of amides is 3. The molecule has 0 saturated carbocycles. The zero-order valence-electron chi connectivity index (χ0n) is 14.1. The fraction of sp³-hybridized carbons (Fsp3) is 0.471. The minimum absolute atomic E-state index is 0.0215. The van der Waals surface area contributed by atoms with Crippen LogP contribution >= 0.6 is 0 Å². The first kappa shape index (κ1) is 17.1. The van der Waals surface area contributed by atoms with Crippen LogP contribution < -0.4 is 0 Å². The monoisotopic (exact) mass is 345 g/mol. The van der Waals surface area contributed by atoms with Crippen LogP contribution in [0.2, 0.25) is 0 Å². The summed E-state index contributed by atoms with van der Waals surface area (Å²) >= 11 is 0. The summed E-state index contributed by atoms with van der Waals surface area (Å²) in [5, 5.41) is 11.1. The molecular weight excluding hydrogens is 326 g/mol. The van der Waals surface area contributed by atoms with Crippen molar-refractivity contribution in [2.75, 3.05) is 6.54 Å². The minimum Gasteiger partial charge on any atom is -0.336 e. The van der Waals surface area contributed by atoms with Gasteiger partial charge >= 0.3 is 0 Å². The van der Waals surface area contributed by atoms with E-state index in [9.17, 15) is 24.5 Å².